The van der Waals surface area contributed by atoms with Gasteiger partial charge in [0.1, 0.15) is 12.4 Å². The Bertz CT molecular complexity index is 957. The Kier molecular flexibility index (Phi) is 13.4. The van der Waals surface area contributed by atoms with Gasteiger partial charge in [-0.1, -0.05) is 55.8 Å². The molecule has 2 aliphatic rings. The van der Waals surface area contributed by atoms with Crippen LogP contribution < -0.4 is 0 Å². The minimum Gasteiger partial charge on any atom is -0.461 e. The second-order valence-electron chi connectivity index (χ2n) is 10.9. The van der Waals surface area contributed by atoms with E-state index in [1.807, 2.05) is 49.4 Å². The third-order valence-electron chi connectivity index (χ3n) is 7.78. The minimum absolute atomic E-state index is 0.0325. The third-order valence-corrected chi connectivity index (χ3v) is 7.78. The van der Waals surface area contributed by atoms with Crippen molar-refractivity contribution in [2.24, 2.45) is 11.8 Å². The van der Waals surface area contributed by atoms with Crippen LogP contribution in [0.25, 0.3) is 0 Å². The maximum absolute atomic E-state index is 14.3. The number of alkyl halides is 2. The highest BCUT2D eigenvalue weighted by Crippen LogP contribution is 2.39. The van der Waals surface area contributed by atoms with Crippen molar-refractivity contribution in [2.75, 3.05) is 6.61 Å². The van der Waals surface area contributed by atoms with Gasteiger partial charge in [-0.25, -0.2) is 0 Å². The molecule has 0 spiro atoms. The number of ketones is 2. The summed E-state index contributed by atoms with van der Waals surface area (Å²) in [6.45, 7) is 2.67. The largest absolute Gasteiger partial charge is 0.461 e. The molecule has 1 aromatic rings. The Hall–Kier alpha value is -2.45. The molecule has 0 aromatic heterocycles. The van der Waals surface area contributed by atoms with Gasteiger partial charge in [-0.05, 0) is 62.8 Å². The number of ether oxygens (including phenoxy) is 3. The summed E-state index contributed by atoms with van der Waals surface area (Å²) in [4.78, 5) is 37.3. The molecule has 1 aliphatic carbocycles. The Labute approximate surface area is 236 Å². The lowest BCUT2D eigenvalue weighted by Crippen LogP contribution is -2.33. The molecule has 8 heteroatoms. The summed E-state index contributed by atoms with van der Waals surface area (Å²) >= 11 is 0. The summed E-state index contributed by atoms with van der Waals surface area (Å²) in [5.74, 6) is -5.32. The highest BCUT2D eigenvalue weighted by atomic mass is 19.3. The van der Waals surface area contributed by atoms with Gasteiger partial charge in [0.25, 0.3) is 0 Å². The molecule has 3 rings (SSSR count). The predicted molar refractivity (Wildman–Crippen MR) is 148 cm³/mol. The maximum Gasteiger partial charge on any atom is 0.306 e. The number of benzene rings is 1. The standard InChI is InChI=1S/C32H44F2O6/c1-2-3-20-32(33,34)29(36)19-18-26-25(27(35)22-28(26)40-31-17-11-12-21-38-31)15-9-4-5-10-16-30(37)39-23-24-13-7-6-8-14-24/h4,6-9,13-14,25-26,28,31H,2-3,5,10-12,15-23H2,1H3/b9-4-/t25?,26-,28?,31?/m1/s1. The summed E-state index contributed by atoms with van der Waals surface area (Å²) in [6, 6.07) is 9.50. The molecule has 1 saturated carbocycles. The van der Waals surface area contributed by atoms with Crippen molar-refractivity contribution in [1.82, 2.24) is 0 Å². The number of rotatable bonds is 17. The van der Waals surface area contributed by atoms with Crippen LogP contribution in [0, 0.1) is 11.8 Å². The smallest absolute Gasteiger partial charge is 0.306 e. The van der Waals surface area contributed by atoms with E-state index in [9.17, 15) is 23.2 Å². The van der Waals surface area contributed by atoms with Gasteiger partial charge in [0.2, 0.25) is 5.78 Å². The first-order valence-corrected chi connectivity index (χ1v) is 14.9. The molecule has 0 radical (unpaired) electrons. The topological polar surface area (TPSA) is 78.9 Å². The number of hydrogen-bond acceptors (Lipinski definition) is 6. The predicted octanol–water partition coefficient (Wildman–Crippen LogP) is 7.14. The first kappa shape index (κ1) is 32.1. The minimum atomic E-state index is -3.33. The zero-order valence-corrected chi connectivity index (χ0v) is 23.7. The Morgan fingerprint density at radius 2 is 1.90 bits per heavy atom. The van der Waals surface area contributed by atoms with Gasteiger partial charge in [-0.15, -0.1) is 0 Å². The molecule has 222 valence electrons. The van der Waals surface area contributed by atoms with Crippen LogP contribution in [0.4, 0.5) is 8.78 Å². The molecule has 0 bridgehead atoms. The van der Waals surface area contributed by atoms with E-state index in [2.05, 4.69) is 0 Å². The van der Waals surface area contributed by atoms with E-state index in [1.165, 1.54) is 0 Å². The van der Waals surface area contributed by atoms with E-state index in [1.54, 1.807) is 0 Å². The number of unbranched alkanes of at least 4 members (excludes halogenated alkanes) is 2. The van der Waals surface area contributed by atoms with E-state index in [4.69, 9.17) is 14.2 Å². The second kappa shape index (κ2) is 16.7. The summed E-state index contributed by atoms with van der Waals surface area (Å²) in [5, 5.41) is 0. The van der Waals surface area contributed by atoms with Gasteiger partial charge < -0.3 is 14.2 Å². The number of esters is 1. The van der Waals surface area contributed by atoms with Crippen molar-refractivity contribution in [3.8, 4) is 0 Å². The van der Waals surface area contributed by atoms with Crippen LogP contribution in [-0.4, -0.2) is 42.5 Å². The number of hydrogen-bond donors (Lipinski definition) is 0. The summed E-state index contributed by atoms with van der Waals surface area (Å²) in [6.07, 6.45) is 8.32. The van der Waals surface area contributed by atoms with Crippen molar-refractivity contribution in [1.29, 1.82) is 0 Å². The van der Waals surface area contributed by atoms with Crippen molar-refractivity contribution in [3.05, 3.63) is 48.0 Å². The third kappa shape index (κ3) is 10.5. The second-order valence-corrected chi connectivity index (χ2v) is 10.9. The molecule has 1 aliphatic heterocycles. The number of carbonyl (C=O) groups excluding carboxylic acids is 3. The maximum atomic E-state index is 14.3. The molecule has 1 saturated heterocycles. The molecule has 1 aromatic carbocycles. The lowest BCUT2D eigenvalue weighted by molar-refractivity contribution is -0.196. The van der Waals surface area contributed by atoms with E-state index >= 15 is 0 Å². The molecule has 1 heterocycles. The van der Waals surface area contributed by atoms with Gasteiger partial charge >= 0.3 is 11.9 Å². The highest BCUT2D eigenvalue weighted by molar-refractivity contribution is 5.86. The summed E-state index contributed by atoms with van der Waals surface area (Å²) in [5.41, 5.74) is 0.940. The zero-order valence-electron chi connectivity index (χ0n) is 23.7. The molecule has 6 nitrogen and oxygen atoms in total. The fourth-order valence-electron chi connectivity index (χ4n) is 5.41. The average molecular weight is 563 g/mol. The molecular weight excluding hydrogens is 518 g/mol. The number of carbonyl (C=O) groups is 3. The van der Waals surface area contributed by atoms with Crippen molar-refractivity contribution >= 4 is 17.5 Å². The van der Waals surface area contributed by atoms with E-state index < -0.39 is 36.4 Å². The number of Topliss-reactive ketones (excluding diaryl/α,β-unsaturated/α-hetero) is 2. The van der Waals surface area contributed by atoms with Crippen LogP contribution in [0.1, 0.15) is 96.0 Å². The molecule has 4 atom stereocenters. The summed E-state index contributed by atoms with van der Waals surface area (Å²) in [7, 11) is 0. The van der Waals surface area contributed by atoms with Crippen LogP contribution in [0.5, 0.6) is 0 Å². The van der Waals surface area contributed by atoms with E-state index in [-0.39, 0.29) is 43.5 Å². The Balaban J connectivity index is 1.49. The summed E-state index contributed by atoms with van der Waals surface area (Å²) < 4.78 is 45.8. The highest BCUT2D eigenvalue weighted by Gasteiger charge is 2.45. The quantitative estimate of drug-likeness (QED) is 0.114. The van der Waals surface area contributed by atoms with Crippen molar-refractivity contribution < 1.29 is 37.4 Å². The van der Waals surface area contributed by atoms with Crippen molar-refractivity contribution in [3.63, 3.8) is 0 Å². The number of allylic oxidation sites excluding steroid dienone is 2. The van der Waals surface area contributed by atoms with Gasteiger partial charge in [0.15, 0.2) is 6.29 Å². The van der Waals surface area contributed by atoms with Crippen LogP contribution in [0.3, 0.4) is 0 Å². The van der Waals surface area contributed by atoms with Gasteiger partial charge in [0.05, 0.1) is 6.10 Å². The van der Waals surface area contributed by atoms with Gasteiger partial charge in [-0.2, -0.15) is 8.78 Å². The Morgan fingerprint density at radius 1 is 1.10 bits per heavy atom. The first-order chi connectivity index (χ1) is 19.3. The monoisotopic (exact) mass is 562 g/mol. The first-order valence-electron chi connectivity index (χ1n) is 14.9. The van der Waals surface area contributed by atoms with Gasteiger partial charge in [-0.3, -0.25) is 14.4 Å². The fraction of sp³-hybridized carbons (Fsp3) is 0.656. The molecule has 0 N–H and O–H groups in total. The van der Waals surface area contributed by atoms with Crippen molar-refractivity contribution in [2.45, 2.75) is 115 Å². The SMILES string of the molecule is CCCCC(F)(F)C(=O)CC[C@H]1C(OC2CCCCO2)CC(=O)C1C/C=C\CCCC(=O)OCc1ccccc1. The van der Waals surface area contributed by atoms with Crippen LogP contribution >= 0.6 is 0 Å². The van der Waals surface area contributed by atoms with E-state index in [0.717, 1.165) is 24.8 Å². The van der Waals surface area contributed by atoms with Gasteiger partial charge in [0, 0.05) is 38.2 Å². The molecular formula is C32H44F2O6. The fourth-order valence-corrected chi connectivity index (χ4v) is 5.41. The van der Waals surface area contributed by atoms with E-state index in [0.29, 0.717) is 45.1 Å². The molecule has 40 heavy (non-hydrogen) atoms. The lowest BCUT2D eigenvalue weighted by Gasteiger charge is -2.30. The normalized spacial score (nSPS) is 23.5. The average Bonchev–Trinajstić information content (AvgIpc) is 3.25. The zero-order chi connectivity index (χ0) is 28.8. The van der Waals surface area contributed by atoms with Crippen LogP contribution in [-0.2, 0) is 35.2 Å². The Morgan fingerprint density at radius 3 is 2.62 bits per heavy atom. The van der Waals surface area contributed by atoms with Crippen LogP contribution in [0.2, 0.25) is 0 Å². The lowest BCUT2D eigenvalue weighted by atomic mass is 9.86. The molecule has 0 amide bonds. The number of halogens is 2. The molecule has 3 unspecified atom stereocenters. The molecule has 2 fully saturated rings. The van der Waals surface area contributed by atoms with Crippen LogP contribution in [0.15, 0.2) is 42.5 Å².